The van der Waals surface area contributed by atoms with Crippen molar-refractivity contribution in [2.24, 2.45) is 0 Å². The highest BCUT2D eigenvalue weighted by Crippen LogP contribution is 2.38. The van der Waals surface area contributed by atoms with Gasteiger partial charge in [-0.1, -0.05) is 59.8 Å². The summed E-state index contributed by atoms with van der Waals surface area (Å²) in [6.07, 6.45) is -3.68. The zero-order valence-corrected chi connectivity index (χ0v) is 21.0. The molecule has 1 heterocycles. The first-order valence-corrected chi connectivity index (χ1v) is 12.1. The van der Waals surface area contributed by atoms with Crippen LogP contribution in [0.25, 0.3) is 0 Å². The molecule has 5 unspecified atom stereocenters. The van der Waals surface area contributed by atoms with Gasteiger partial charge in [0.05, 0.1) is 6.61 Å². The fourth-order valence-corrected chi connectivity index (χ4v) is 4.79. The quantitative estimate of drug-likeness (QED) is 0.374. The molecule has 0 aromatic heterocycles. The van der Waals surface area contributed by atoms with Gasteiger partial charge in [0.1, 0.15) is 24.3 Å². The monoisotopic (exact) mass is 502 g/mol. The summed E-state index contributed by atoms with van der Waals surface area (Å²) >= 11 is 1.39. The van der Waals surface area contributed by atoms with E-state index in [1.54, 1.807) is 0 Å². The number of rotatable bonds is 9. The van der Waals surface area contributed by atoms with Crippen LogP contribution in [0, 0.1) is 6.92 Å². The summed E-state index contributed by atoms with van der Waals surface area (Å²) in [7, 11) is 0. The highest BCUT2D eigenvalue weighted by Gasteiger charge is 2.51. The Hall–Kier alpha value is -2.88. The molecule has 5 atom stereocenters. The summed E-state index contributed by atoms with van der Waals surface area (Å²) in [4.78, 5) is 36.4. The minimum atomic E-state index is -1.04. The summed E-state index contributed by atoms with van der Waals surface area (Å²) in [6, 6.07) is 17.4. The highest BCUT2D eigenvalue weighted by atomic mass is 32.2. The maximum Gasteiger partial charge on any atom is 0.303 e. The van der Waals surface area contributed by atoms with Gasteiger partial charge in [-0.3, -0.25) is 14.4 Å². The van der Waals surface area contributed by atoms with Gasteiger partial charge in [-0.05, 0) is 24.6 Å². The molecule has 3 rings (SSSR count). The molecule has 0 bridgehead atoms. The molecule has 1 aliphatic rings. The van der Waals surface area contributed by atoms with Gasteiger partial charge in [0.15, 0.2) is 12.2 Å². The molecular weight excluding hydrogens is 472 g/mol. The minimum absolute atomic E-state index is 0.179. The molecular formula is C26H30O8S. The SMILES string of the molecule is CC(=O)OCC1OC(Sc2ccc(C)cc2)C(OCc2ccccc2)C(OC(C)=O)C1OC(C)=O. The second-order valence-electron chi connectivity index (χ2n) is 8.19. The molecule has 0 spiro atoms. The number of benzene rings is 2. The standard InChI is InChI=1S/C26H30O8S/c1-16-10-12-21(13-11-16)35-26-25(31-14-20-8-6-5-7-9-20)24(33-19(4)29)23(32-18(3)28)22(34-26)15-30-17(2)27/h5-13,22-26H,14-15H2,1-4H3. The maximum atomic E-state index is 12.1. The van der Waals surface area contributed by atoms with Crippen molar-refractivity contribution in [2.75, 3.05) is 6.61 Å². The van der Waals surface area contributed by atoms with Crippen LogP contribution in [0.15, 0.2) is 59.5 Å². The Balaban J connectivity index is 1.95. The lowest BCUT2D eigenvalue weighted by Gasteiger charge is -2.44. The van der Waals surface area contributed by atoms with Crippen molar-refractivity contribution in [3.63, 3.8) is 0 Å². The van der Waals surface area contributed by atoms with Gasteiger partial charge in [-0.2, -0.15) is 0 Å². The molecule has 0 N–H and O–H groups in total. The molecule has 0 amide bonds. The minimum Gasteiger partial charge on any atom is -0.463 e. The van der Waals surface area contributed by atoms with Crippen LogP contribution in [0.1, 0.15) is 31.9 Å². The van der Waals surface area contributed by atoms with Crippen molar-refractivity contribution >= 4 is 29.7 Å². The third kappa shape index (κ3) is 8.09. The van der Waals surface area contributed by atoms with Gasteiger partial charge in [-0.15, -0.1) is 0 Å². The van der Waals surface area contributed by atoms with E-state index >= 15 is 0 Å². The van der Waals surface area contributed by atoms with Crippen LogP contribution in [0.3, 0.4) is 0 Å². The molecule has 8 nitrogen and oxygen atoms in total. The number of hydrogen-bond acceptors (Lipinski definition) is 9. The molecule has 188 valence electrons. The fourth-order valence-electron chi connectivity index (χ4n) is 3.66. The summed E-state index contributed by atoms with van der Waals surface area (Å²) < 4.78 is 28.9. The summed E-state index contributed by atoms with van der Waals surface area (Å²) in [5, 5.41) is 0. The van der Waals surface area contributed by atoms with Crippen LogP contribution < -0.4 is 0 Å². The number of hydrogen-bond donors (Lipinski definition) is 0. The van der Waals surface area contributed by atoms with E-state index in [1.807, 2.05) is 61.5 Å². The molecule has 35 heavy (non-hydrogen) atoms. The Morgan fingerprint density at radius 1 is 0.829 bits per heavy atom. The van der Waals surface area contributed by atoms with Gasteiger partial charge in [-0.25, -0.2) is 0 Å². The number of aryl methyl sites for hydroxylation is 1. The number of ether oxygens (including phenoxy) is 5. The van der Waals surface area contributed by atoms with E-state index in [0.29, 0.717) is 0 Å². The van der Waals surface area contributed by atoms with Crippen LogP contribution in [-0.4, -0.2) is 54.4 Å². The van der Waals surface area contributed by atoms with Crippen molar-refractivity contribution < 1.29 is 38.1 Å². The van der Waals surface area contributed by atoms with E-state index in [2.05, 4.69) is 0 Å². The van der Waals surface area contributed by atoms with E-state index in [4.69, 9.17) is 23.7 Å². The normalized spacial score (nSPS) is 23.8. The Bertz CT molecular complexity index is 994. The second kappa shape index (κ2) is 12.7. The summed E-state index contributed by atoms with van der Waals surface area (Å²) in [6.45, 7) is 5.84. The molecule has 0 radical (unpaired) electrons. The van der Waals surface area contributed by atoms with Crippen LogP contribution in [0.2, 0.25) is 0 Å². The van der Waals surface area contributed by atoms with Crippen molar-refractivity contribution in [3.05, 3.63) is 65.7 Å². The number of esters is 3. The first kappa shape index (κ1) is 26.7. The van der Waals surface area contributed by atoms with E-state index in [0.717, 1.165) is 16.0 Å². The first-order valence-electron chi connectivity index (χ1n) is 11.2. The van der Waals surface area contributed by atoms with Crippen LogP contribution >= 0.6 is 11.8 Å². The van der Waals surface area contributed by atoms with E-state index in [-0.39, 0.29) is 13.2 Å². The largest absolute Gasteiger partial charge is 0.463 e. The second-order valence-corrected chi connectivity index (χ2v) is 9.36. The van der Waals surface area contributed by atoms with E-state index in [9.17, 15) is 14.4 Å². The van der Waals surface area contributed by atoms with Gasteiger partial charge >= 0.3 is 17.9 Å². The summed E-state index contributed by atoms with van der Waals surface area (Å²) in [5.41, 5.74) is 1.37. The van der Waals surface area contributed by atoms with Crippen LogP contribution in [0.4, 0.5) is 0 Å². The smallest absolute Gasteiger partial charge is 0.303 e. The van der Waals surface area contributed by atoms with Gasteiger partial charge in [0.25, 0.3) is 0 Å². The average Bonchev–Trinajstić information content (AvgIpc) is 2.80. The molecule has 0 saturated carbocycles. The Morgan fingerprint density at radius 3 is 2.06 bits per heavy atom. The zero-order valence-electron chi connectivity index (χ0n) is 20.2. The molecule has 1 aliphatic heterocycles. The van der Waals surface area contributed by atoms with Crippen molar-refractivity contribution in [2.45, 2.75) is 69.0 Å². The van der Waals surface area contributed by atoms with Gasteiger partial charge in [0, 0.05) is 25.7 Å². The molecule has 9 heteroatoms. The Kier molecular flexibility index (Phi) is 9.71. The lowest BCUT2D eigenvalue weighted by molar-refractivity contribution is -0.241. The third-order valence-electron chi connectivity index (χ3n) is 5.20. The predicted octanol–water partition coefficient (Wildman–Crippen LogP) is 3.82. The number of thioether (sulfide) groups is 1. The Morgan fingerprint density at radius 2 is 1.46 bits per heavy atom. The van der Waals surface area contributed by atoms with E-state index < -0.39 is 47.8 Å². The molecule has 1 fully saturated rings. The Labute approximate surface area is 209 Å². The lowest BCUT2D eigenvalue weighted by Crippen LogP contribution is -2.61. The predicted molar refractivity (Wildman–Crippen MR) is 128 cm³/mol. The van der Waals surface area contributed by atoms with Crippen LogP contribution in [-0.2, 0) is 44.7 Å². The topological polar surface area (TPSA) is 97.4 Å². The van der Waals surface area contributed by atoms with Gasteiger partial charge < -0.3 is 23.7 Å². The molecule has 2 aromatic rings. The number of carbonyl (C=O) groups is 3. The third-order valence-corrected chi connectivity index (χ3v) is 6.36. The average molecular weight is 503 g/mol. The van der Waals surface area contributed by atoms with Crippen molar-refractivity contribution in [3.8, 4) is 0 Å². The van der Waals surface area contributed by atoms with Crippen molar-refractivity contribution in [1.82, 2.24) is 0 Å². The molecule has 2 aromatic carbocycles. The lowest BCUT2D eigenvalue weighted by atomic mass is 9.99. The van der Waals surface area contributed by atoms with Gasteiger partial charge in [0.2, 0.25) is 0 Å². The fraction of sp³-hybridized carbons (Fsp3) is 0.423. The molecule has 0 aliphatic carbocycles. The maximum absolute atomic E-state index is 12.1. The molecule has 1 saturated heterocycles. The highest BCUT2D eigenvalue weighted by molar-refractivity contribution is 7.99. The van der Waals surface area contributed by atoms with Crippen molar-refractivity contribution in [1.29, 1.82) is 0 Å². The number of carbonyl (C=O) groups excluding carboxylic acids is 3. The van der Waals surface area contributed by atoms with Crippen LogP contribution in [0.5, 0.6) is 0 Å². The summed E-state index contributed by atoms with van der Waals surface area (Å²) in [5.74, 6) is -1.66. The first-order chi connectivity index (χ1) is 16.7. The van der Waals surface area contributed by atoms with E-state index in [1.165, 1.54) is 32.5 Å². The zero-order chi connectivity index (χ0) is 25.4.